The van der Waals surface area contributed by atoms with Crippen molar-refractivity contribution >= 4 is 15.8 Å². The SMILES string of the molecule is CCS(=O)(=O)NC1CN(c2cc(Cc3cnccn3)nc(C[C@@H](C)c3ccc(F)cc3)n2)C1. The lowest BCUT2D eigenvalue weighted by molar-refractivity contribution is 0.465. The molecule has 1 aliphatic rings. The van der Waals surface area contributed by atoms with E-state index in [4.69, 9.17) is 9.97 Å². The van der Waals surface area contributed by atoms with E-state index in [-0.39, 0.29) is 23.5 Å². The Bertz CT molecular complexity index is 1190. The van der Waals surface area contributed by atoms with Crippen molar-refractivity contribution in [2.24, 2.45) is 0 Å². The average molecular weight is 471 g/mol. The van der Waals surface area contributed by atoms with Crippen LogP contribution in [0.15, 0.2) is 48.9 Å². The number of nitrogens with zero attached hydrogens (tertiary/aromatic N) is 5. The van der Waals surface area contributed by atoms with Gasteiger partial charge in [-0.1, -0.05) is 19.1 Å². The number of rotatable bonds is 9. The van der Waals surface area contributed by atoms with Crippen LogP contribution in [0.2, 0.25) is 0 Å². The van der Waals surface area contributed by atoms with Gasteiger partial charge in [0.05, 0.1) is 23.2 Å². The number of sulfonamides is 1. The fourth-order valence-electron chi connectivity index (χ4n) is 3.75. The minimum atomic E-state index is -3.24. The van der Waals surface area contributed by atoms with Gasteiger partial charge in [-0.05, 0) is 30.5 Å². The molecule has 1 N–H and O–H groups in total. The molecule has 0 radical (unpaired) electrons. The molecule has 0 amide bonds. The van der Waals surface area contributed by atoms with Crippen molar-refractivity contribution in [3.05, 3.63) is 77.5 Å². The van der Waals surface area contributed by atoms with Crippen molar-refractivity contribution in [1.82, 2.24) is 24.7 Å². The van der Waals surface area contributed by atoms with Gasteiger partial charge < -0.3 is 4.90 Å². The van der Waals surface area contributed by atoms with Crippen molar-refractivity contribution in [2.45, 2.75) is 38.6 Å². The summed E-state index contributed by atoms with van der Waals surface area (Å²) < 4.78 is 39.7. The summed E-state index contributed by atoms with van der Waals surface area (Å²) in [5.41, 5.74) is 2.63. The van der Waals surface area contributed by atoms with E-state index in [0.717, 1.165) is 22.8 Å². The first-order valence-corrected chi connectivity index (χ1v) is 12.6. The Hall–Kier alpha value is -2.98. The van der Waals surface area contributed by atoms with Crippen LogP contribution in [0.5, 0.6) is 0 Å². The zero-order valence-electron chi connectivity index (χ0n) is 18.6. The van der Waals surface area contributed by atoms with Crippen molar-refractivity contribution in [3.8, 4) is 0 Å². The number of halogens is 1. The summed E-state index contributed by atoms with van der Waals surface area (Å²) in [4.78, 5) is 20.0. The highest BCUT2D eigenvalue weighted by atomic mass is 32.2. The zero-order chi connectivity index (χ0) is 23.4. The molecule has 0 unspecified atom stereocenters. The highest BCUT2D eigenvalue weighted by Crippen LogP contribution is 2.24. The van der Waals surface area contributed by atoms with Gasteiger partial charge in [0.25, 0.3) is 0 Å². The quantitative estimate of drug-likeness (QED) is 0.513. The molecule has 1 atom stereocenters. The van der Waals surface area contributed by atoms with Crippen LogP contribution in [0.3, 0.4) is 0 Å². The summed E-state index contributed by atoms with van der Waals surface area (Å²) in [6.45, 7) is 4.78. The smallest absolute Gasteiger partial charge is 0.211 e. The molecule has 0 saturated carbocycles. The second-order valence-corrected chi connectivity index (χ2v) is 10.3. The number of hydrogen-bond donors (Lipinski definition) is 1. The Kier molecular flexibility index (Phi) is 6.94. The van der Waals surface area contributed by atoms with Gasteiger partial charge in [-0.25, -0.2) is 27.5 Å². The van der Waals surface area contributed by atoms with Crippen LogP contribution in [0.4, 0.5) is 10.2 Å². The van der Waals surface area contributed by atoms with Gasteiger partial charge in [-0.2, -0.15) is 0 Å². The molecule has 2 aromatic heterocycles. The molecular weight excluding hydrogens is 443 g/mol. The Balaban J connectivity index is 1.54. The first-order chi connectivity index (χ1) is 15.8. The Morgan fingerprint density at radius 3 is 2.58 bits per heavy atom. The summed E-state index contributed by atoms with van der Waals surface area (Å²) >= 11 is 0. The third-order valence-electron chi connectivity index (χ3n) is 5.65. The number of anilines is 1. The molecule has 0 aliphatic carbocycles. The second kappa shape index (κ2) is 9.88. The molecule has 4 rings (SSSR count). The molecule has 8 nitrogen and oxygen atoms in total. The molecule has 1 fully saturated rings. The summed E-state index contributed by atoms with van der Waals surface area (Å²) in [6, 6.07) is 8.27. The third kappa shape index (κ3) is 6.08. The molecule has 1 aliphatic heterocycles. The van der Waals surface area contributed by atoms with Crippen LogP contribution in [0, 0.1) is 5.82 Å². The average Bonchev–Trinajstić information content (AvgIpc) is 2.77. The van der Waals surface area contributed by atoms with Crippen molar-refractivity contribution in [1.29, 1.82) is 0 Å². The third-order valence-corrected chi connectivity index (χ3v) is 7.10. The lowest BCUT2D eigenvalue weighted by Crippen LogP contribution is -2.59. The predicted molar refractivity (Wildman–Crippen MR) is 124 cm³/mol. The van der Waals surface area contributed by atoms with E-state index in [0.29, 0.717) is 31.8 Å². The topological polar surface area (TPSA) is 101 Å². The van der Waals surface area contributed by atoms with E-state index in [2.05, 4.69) is 21.6 Å². The predicted octanol–water partition coefficient (Wildman–Crippen LogP) is 2.47. The van der Waals surface area contributed by atoms with Crippen molar-refractivity contribution < 1.29 is 12.8 Å². The molecule has 174 valence electrons. The monoisotopic (exact) mass is 470 g/mol. The molecule has 3 aromatic rings. The maximum atomic E-state index is 13.3. The van der Waals surface area contributed by atoms with Gasteiger partial charge in [0.2, 0.25) is 10.0 Å². The number of benzene rings is 1. The minimum Gasteiger partial charge on any atom is -0.353 e. The van der Waals surface area contributed by atoms with Gasteiger partial charge in [0.15, 0.2) is 0 Å². The molecule has 0 spiro atoms. The van der Waals surface area contributed by atoms with Crippen molar-refractivity contribution in [3.63, 3.8) is 0 Å². The molecule has 33 heavy (non-hydrogen) atoms. The maximum Gasteiger partial charge on any atom is 0.211 e. The van der Waals surface area contributed by atoms with Gasteiger partial charge >= 0.3 is 0 Å². The van der Waals surface area contributed by atoms with Crippen LogP contribution >= 0.6 is 0 Å². The van der Waals surface area contributed by atoms with Crippen LogP contribution in [0.1, 0.15) is 42.5 Å². The largest absolute Gasteiger partial charge is 0.353 e. The summed E-state index contributed by atoms with van der Waals surface area (Å²) in [7, 11) is -3.24. The van der Waals surface area contributed by atoms with E-state index in [1.165, 1.54) is 12.1 Å². The fraction of sp³-hybridized carbons (Fsp3) is 0.391. The van der Waals surface area contributed by atoms with Gasteiger partial charge in [-0.3, -0.25) is 9.97 Å². The Morgan fingerprint density at radius 2 is 1.91 bits per heavy atom. The van der Waals surface area contributed by atoms with Crippen molar-refractivity contribution in [2.75, 3.05) is 23.7 Å². The van der Waals surface area contributed by atoms with Crippen LogP contribution in [-0.2, 0) is 22.9 Å². The zero-order valence-corrected chi connectivity index (χ0v) is 19.5. The molecular formula is C23H27FN6O2S. The highest BCUT2D eigenvalue weighted by molar-refractivity contribution is 7.89. The summed E-state index contributed by atoms with van der Waals surface area (Å²) in [6.07, 6.45) is 6.09. The minimum absolute atomic E-state index is 0.0602. The van der Waals surface area contributed by atoms with Gasteiger partial charge in [-0.15, -0.1) is 0 Å². The number of hydrogen-bond acceptors (Lipinski definition) is 7. The van der Waals surface area contributed by atoms with E-state index in [9.17, 15) is 12.8 Å². The van der Waals surface area contributed by atoms with Crippen LogP contribution in [-0.4, -0.2) is 53.2 Å². The summed E-state index contributed by atoms with van der Waals surface area (Å²) in [5.74, 6) is 1.34. The molecule has 0 bridgehead atoms. The van der Waals surface area contributed by atoms with Crippen LogP contribution in [0.25, 0.3) is 0 Å². The fourth-order valence-corrected chi connectivity index (χ4v) is 4.57. The van der Waals surface area contributed by atoms with Gasteiger partial charge in [0, 0.05) is 50.6 Å². The highest BCUT2D eigenvalue weighted by Gasteiger charge is 2.31. The van der Waals surface area contributed by atoms with E-state index >= 15 is 0 Å². The van der Waals surface area contributed by atoms with E-state index < -0.39 is 10.0 Å². The Labute approximate surface area is 193 Å². The lowest BCUT2D eigenvalue weighted by atomic mass is 9.97. The maximum absolute atomic E-state index is 13.3. The number of aromatic nitrogens is 4. The second-order valence-electron chi connectivity index (χ2n) is 8.29. The molecule has 10 heteroatoms. The standard InChI is InChI=1S/C23H27FN6O2S/c1-3-33(31,32)29-21-14-30(15-21)23-12-19(11-20-13-25-8-9-26-20)27-22(28-23)10-16(2)17-4-6-18(24)7-5-17/h4-9,12-13,16,21,29H,3,10-11,14-15H2,1-2H3/t16-/m1/s1. The van der Waals surface area contributed by atoms with E-state index in [1.54, 1.807) is 37.6 Å². The lowest BCUT2D eigenvalue weighted by Gasteiger charge is -2.40. The first kappa shape index (κ1) is 23.2. The molecule has 1 aromatic carbocycles. The summed E-state index contributed by atoms with van der Waals surface area (Å²) in [5, 5.41) is 0. The Morgan fingerprint density at radius 1 is 1.15 bits per heavy atom. The van der Waals surface area contributed by atoms with Gasteiger partial charge in [0.1, 0.15) is 17.5 Å². The van der Waals surface area contributed by atoms with E-state index in [1.807, 2.05) is 11.0 Å². The van der Waals surface area contributed by atoms with Crippen LogP contribution < -0.4 is 9.62 Å². The first-order valence-electron chi connectivity index (χ1n) is 10.9. The molecule has 3 heterocycles. The molecule has 1 saturated heterocycles. The number of nitrogens with one attached hydrogen (secondary N) is 1. The normalized spacial score (nSPS) is 15.3.